The molecule has 0 aromatic heterocycles. The molecule has 0 amide bonds. The summed E-state index contributed by atoms with van der Waals surface area (Å²) in [6.45, 7) is 5.97. The number of methoxy groups -OCH3 is 1. The van der Waals surface area contributed by atoms with Gasteiger partial charge in [-0.05, 0) is 43.5 Å². The number of benzene rings is 1. The predicted octanol–water partition coefficient (Wildman–Crippen LogP) is 1.92. The van der Waals surface area contributed by atoms with Crippen molar-refractivity contribution >= 4 is 0 Å². The van der Waals surface area contributed by atoms with E-state index >= 15 is 0 Å². The van der Waals surface area contributed by atoms with E-state index in [1.54, 1.807) is 7.11 Å². The molecule has 0 saturated carbocycles. The number of rotatable bonds is 6. The van der Waals surface area contributed by atoms with Crippen LogP contribution >= 0.6 is 0 Å². The Labute approximate surface area is 110 Å². The summed E-state index contributed by atoms with van der Waals surface area (Å²) >= 11 is 0. The van der Waals surface area contributed by atoms with Gasteiger partial charge in [0.2, 0.25) is 0 Å². The summed E-state index contributed by atoms with van der Waals surface area (Å²) in [5.74, 6) is 0.944. The average molecular weight is 248 g/mol. The van der Waals surface area contributed by atoms with Crippen LogP contribution < -0.4 is 10.1 Å². The third-order valence-electron chi connectivity index (χ3n) is 3.56. The van der Waals surface area contributed by atoms with Gasteiger partial charge < -0.3 is 15.0 Å². The van der Waals surface area contributed by atoms with E-state index in [1.165, 1.54) is 44.5 Å². The first kappa shape index (κ1) is 13.4. The molecule has 1 N–H and O–H groups in total. The minimum atomic E-state index is 0.944. The summed E-state index contributed by atoms with van der Waals surface area (Å²) in [7, 11) is 1.71. The first-order chi connectivity index (χ1) is 8.88. The van der Waals surface area contributed by atoms with Crippen LogP contribution in [0.3, 0.4) is 0 Å². The number of piperazine rings is 1. The summed E-state index contributed by atoms with van der Waals surface area (Å²) in [6.07, 6.45) is 3.75. The molecule has 3 nitrogen and oxygen atoms in total. The van der Waals surface area contributed by atoms with Gasteiger partial charge in [-0.3, -0.25) is 0 Å². The Morgan fingerprint density at radius 1 is 1.11 bits per heavy atom. The van der Waals surface area contributed by atoms with E-state index < -0.39 is 0 Å². The number of hydrogen-bond acceptors (Lipinski definition) is 3. The highest BCUT2D eigenvalue weighted by atomic mass is 16.5. The maximum atomic E-state index is 5.16. The molecule has 1 heterocycles. The van der Waals surface area contributed by atoms with E-state index in [0.717, 1.165) is 18.8 Å². The minimum Gasteiger partial charge on any atom is -0.497 e. The molecule has 0 radical (unpaired) electrons. The Kier molecular flexibility index (Phi) is 5.49. The molecular formula is C15H24N2O. The number of ether oxygens (including phenoxy) is 1. The van der Waals surface area contributed by atoms with Crippen molar-refractivity contribution in [2.45, 2.75) is 19.3 Å². The molecule has 1 saturated heterocycles. The van der Waals surface area contributed by atoms with Crippen LogP contribution in [-0.4, -0.2) is 44.7 Å². The van der Waals surface area contributed by atoms with Gasteiger partial charge >= 0.3 is 0 Å². The number of hydrogen-bond donors (Lipinski definition) is 1. The zero-order chi connectivity index (χ0) is 12.6. The molecule has 1 aliphatic heterocycles. The van der Waals surface area contributed by atoms with E-state index in [-0.39, 0.29) is 0 Å². The van der Waals surface area contributed by atoms with Crippen molar-refractivity contribution < 1.29 is 4.74 Å². The van der Waals surface area contributed by atoms with Crippen molar-refractivity contribution in [1.29, 1.82) is 0 Å². The normalized spacial score (nSPS) is 16.7. The van der Waals surface area contributed by atoms with Crippen LogP contribution in [0, 0.1) is 0 Å². The number of nitrogens with one attached hydrogen (secondary N) is 1. The Bertz CT molecular complexity index is 331. The molecule has 1 fully saturated rings. The van der Waals surface area contributed by atoms with E-state index in [4.69, 9.17) is 4.74 Å². The van der Waals surface area contributed by atoms with Crippen molar-refractivity contribution in [3.63, 3.8) is 0 Å². The third-order valence-corrected chi connectivity index (χ3v) is 3.56. The molecule has 1 aliphatic rings. The standard InChI is InChI=1S/C15H24N2O/c1-18-15-7-5-14(6-8-15)4-2-3-11-17-12-9-16-10-13-17/h5-8,16H,2-4,9-13H2,1H3. The number of nitrogens with zero attached hydrogens (tertiary/aromatic N) is 1. The fourth-order valence-corrected chi connectivity index (χ4v) is 2.39. The maximum absolute atomic E-state index is 5.16. The first-order valence-corrected chi connectivity index (χ1v) is 6.94. The zero-order valence-corrected chi connectivity index (χ0v) is 11.3. The van der Waals surface area contributed by atoms with Gasteiger partial charge in [-0.1, -0.05) is 12.1 Å². The summed E-state index contributed by atoms with van der Waals surface area (Å²) in [6, 6.07) is 8.44. The molecule has 2 rings (SSSR count). The van der Waals surface area contributed by atoms with Crippen LogP contribution in [0.25, 0.3) is 0 Å². The van der Waals surface area contributed by atoms with Crippen LogP contribution in [0.1, 0.15) is 18.4 Å². The van der Waals surface area contributed by atoms with Gasteiger partial charge in [-0.25, -0.2) is 0 Å². The lowest BCUT2D eigenvalue weighted by molar-refractivity contribution is 0.237. The fourth-order valence-electron chi connectivity index (χ4n) is 2.39. The molecule has 3 heteroatoms. The van der Waals surface area contributed by atoms with Gasteiger partial charge in [0.15, 0.2) is 0 Å². The predicted molar refractivity (Wildman–Crippen MR) is 75.2 cm³/mol. The minimum absolute atomic E-state index is 0.944. The SMILES string of the molecule is COc1ccc(CCCCN2CCNCC2)cc1. The topological polar surface area (TPSA) is 24.5 Å². The van der Waals surface area contributed by atoms with Crippen LogP contribution in [-0.2, 0) is 6.42 Å². The molecule has 0 unspecified atom stereocenters. The van der Waals surface area contributed by atoms with E-state index in [2.05, 4.69) is 22.3 Å². The molecule has 100 valence electrons. The Morgan fingerprint density at radius 2 is 1.83 bits per heavy atom. The quantitative estimate of drug-likeness (QED) is 0.779. The van der Waals surface area contributed by atoms with Gasteiger partial charge in [0.25, 0.3) is 0 Å². The van der Waals surface area contributed by atoms with Gasteiger partial charge in [0.1, 0.15) is 5.75 Å². The second-order valence-corrected chi connectivity index (χ2v) is 4.90. The highest BCUT2D eigenvalue weighted by molar-refractivity contribution is 5.27. The highest BCUT2D eigenvalue weighted by Gasteiger charge is 2.08. The second-order valence-electron chi connectivity index (χ2n) is 4.90. The van der Waals surface area contributed by atoms with Crippen LogP contribution in [0.2, 0.25) is 0 Å². The molecule has 18 heavy (non-hydrogen) atoms. The smallest absolute Gasteiger partial charge is 0.118 e. The molecule has 1 aromatic carbocycles. The summed E-state index contributed by atoms with van der Waals surface area (Å²) < 4.78 is 5.16. The molecule has 0 atom stereocenters. The lowest BCUT2D eigenvalue weighted by Gasteiger charge is -2.27. The van der Waals surface area contributed by atoms with Gasteiger partial charge in [0, 0.05) is 26.2 Å². The van der Waals surface area contributed by atoms with Crippen molar-refractivity contribution in [3.05, 3.63) is 29.8 Å². The highest BCUT2D eigenvalue weighted by Crippen LogP contribution is 2.13. The second kappa shape index (κ2) is 7.39. The largest absolute Gasteiger partial charge is 0.497 e. The summed E-state index contributed by atoms with van der Waals surface area (Å²) in [4.78, 5) is 2.56. The van der Waals surface area contributed by atoms with Crippen LogP contribution in [0.4, 0.5) is 0 Å². The van der Waals surface area contributed by atoms with Crippen molar-refractivity contribution in [1.82, 2.24) is 10.2 Å². The summed E-state index contributed by atoms with van der Waals surface area (Å²) in [5, 5.41) is 3.39. The zero-order valence-electron chi connectivity index (χ0n) is 11.3. The molecule has 0 spiro atoms. The Balaban J connectivity index is 1.62. The molecule has 1 aromatic rings. The van der Waals surface area contributed by atoms with Gasteiger partial charge in [-0.2, -0.15) is 0 Å². The molecular weight excluding hydrogens is 224 g/mol. The monoisotopic (exact) mass is 248 g/mol. The van der Waals surface area contributed by atoms with E-state index in [9.17, 15) is 0 Å². The van der Waals surface area contributed by atoms with E-state index in [1.807, 2.05) is 12.1 Å². The number of aryl methyl sites for hydroxylation is 1. The van der Waals surface area contributed by atoms with Gasteiger partial charge in [-0.15, -0.1) is 0 Å². The Hall–Kier alpha value is -1.06. The van der Waals surface area contributed by atoms with E-state index in [0.29, 0.717) is 0 Å². The average Bonchev–Trinajstić information content (AvgIpc) is 2.45. The third kappa shape index (κ3) is 4.31. The van der Waals surface area contributed by atoms with Crippen LogP contribution in [0.5, 0.6) is 5.75 Å². The lowest BCUT2D eigenvalue weighted by Crippen LogP contribution is -2.43. The summed E-state index contributed by atoms with van der Waals surface area (Å²) in [5.41, 5.74) is 1.41. The molecule has 0 aliphatic carbocycles. The van der Waals surface area contributed by atoms with Crippen molar-refractivity contribution in [2.24, 2.45) is 0 Å². The maximum Gasteiger partial charge on any atom is 0.118 e. The molecule has 0 bridgehead atoms. The number of unbranched alkanes of at least 4 members (excludes halogenated alkanes) is 1. The first-order valence-electron chi connectivity index (χ1n) is 6.94. The van der Waals surface area contributed by atoms with Crippen molar-refractivity contribution in [3.8, 4) is 5.75 Å². The van der Waals surface area contributed by atoms with Gasteiger partial charge in [0.05, 0.1) is 7.11 Å². The van der Waals surface area contributed by atoms with Crippen molar-refractivity contribution in [2.75, 3.05) is 39.8 Å². The lowest BCUT2D eigenvalue weighted by atomic mass is 10.1. The Morgan fingerprint density at radius 3 is 2.50 bits per heavy atom. The fraction of sp³-hybridized carbons (Fsp3) is 0.600. The van der Waals surface area contributed by atoms with Crippen LogP contribution in [0.15, 0.2) is 24.3 Å².